The molecule has 2 rings (SSSR count). The standard InChI is InChI=1S/C15H20N2O3/c1-9-7-10(2)13-11(8-9)16-14(20-13)17-15(3,4)6-5-12(18)19/h7-8H,5-6H2,1-4H3,(H,16,17)(H,18,19). The van der Waals surface area contributed by atoms with Crippen molar-refractivity contribution in [3.05, 3.63) is 23.3 Å². The summed E-state index contributed by atoms with van der Waals surface area (Å²) < 4.78 is 5.73. The molecule has 0 saturated heterocycles. The van der Waals surface area contributed by atoms with E-state index in [4.69, 9.17) is 9.52 Å². The first-order valence-electron chi connectivity index (χ1n) is 6.65. The molecule has 0 aliphatic carbocycles. The maximum atomic E-state index is 10.7. The van der Waals surface area contributed by atoms with Crippen LogP contribution in [0.25, 0.3) is 11.1 Å². The van der Waals surface area contributed by atoms with Crippen molar-refractivity contribution < 1.29 is 14.3 Å². The third-order valence-electron chi connectivity index (χ3n) is 3.23. The summed E-state index contributed by atoms with van der Waals surface area (Å²) in [7, 11) is 0. The smallest absolute Gasteiger partial charge is 0.303 e. The molecule has 0 aliphatic heterocycles. The maximum Gasteiger partial charge on any atom is 0.303 e. The lowest BCUT2D eigenvalue weighted by Gasteiger charge is -2.24. The molecule has 1 heterocycles. The van der Waals surface area contributed by atoms with Crippen molar-refractivity contribution in [3.63, 3.8) is 0 Å². The second-order valence-electron chi connectivity index (χ2n) is 5.85. The molecule has 0 radical (unpaired) electrons. The average molecular weight is 276 g/mol. The van der Waals surface area contributed by atoms with Crippen molar-refractivity contribution in [2.75, 3.05) is 5.32 Å². The second kappa shape index (κ2) is 5.15. The molecule has 0 fully saturated rings. The number of hydrogen-bond donors (Lipinski definition) is 2. The van der Waals surface area contributed by atoms with Crippen LogP contribution in [-0.4, -0.2) is 21.6 Å². The van der Waals surface area contributed by atoms with Gasteiger partial charge in [-0.25, -0.2) is 0 Å². The zero-order valence-electron chi connectivity index (χ0n) is 12.3. The van der Waals surface area contributed by atoms with Crippen molar-refractivity contribution in [1.29, 1.82) is 0 Å². The van der Waals surface area contributed by atoms with Crippen LogP contribution in [0.15, 0.2) is 16.5 Å². The second-order valence-corrected chi connectivity index (χ2v) is 5.85. The van der Waals surface area contributed by atoms with Crippen molar-refractivity contribution in [1.82, 2.24) is 4.98 Å². The summed E-state index contributed by atoms with van der Waals surface area (Å²) in [6, 6.07) is 4.46. The Morgan fingerprint density at radius 1 is 1.40 bits per heavy atom. The highest BCUT2D eigenvalue weighted by molar-refractivity contribution is 5.78. The van der Waals surface area contributed by atoms with Crippen LogP contribution in [0.2, 0.25) is 0 Å². The number of nitrogens with one attached hydrogen (secondary N) is 1. The molecule has 20 heavy (non-hydrogen) atoms. The highest BCUT2D eigenvalue weighted by atomic mass is 16.4. The molecule has 5 heteroatoms. The molecule has 0 unspecified atom stereocenters. The molecule has 1 aromatic carbocycles. The first kappa shape index (κ1) is 14.4. The number of rotatable bonds is 5. The molecule has 0 atom stereocenters. The topological polar surface area (TPSA) is 75.4 Å². The van der Waals surface area contributed by atoms with Crippen LogP contribution in [0, 0.1) is 13.8 Å². The molecule has 5 nitrogen and oxygen atoms in total. The van der Waals surface area contributed by atoms with Gasteiger partial charge in [0.2, 0.25) is 0 Å². The summed E-state index contributed by atoms with van der Waals surface area (Å²) >= 11 is 0. The molecule has 0 amide bonds. The van der Waals surface area contributed by atoms with Gasteiger partial charge in [-0.1, -0.05) is 6.07 Å². The van der Waals surface area contributed by atoms with Gasteiger partial charge in [-0.3, -0.25) is 4.79 Å². The first-order chi connectivity index (χ1) is 9.27. The molecule has 0 spiro atoms. The number of carboxylic acids is 1. The number of anilines is 1. The molecule has 0 bridgehead atoms. The quantitative estimate of drug-likeness (QED) is 0.874. The predicted molar refractivity (Wildman–Crippen MR) is 78.1 cm³/mol. The molecule has 0 saturated carbocycles. The van der Waals surface area contributed by atoms with E-state index in [0.29, 0.717) is 12.4 Å². The van der Waals surface area contributed by atoms with E-state index in [9.17, 15) is 4.79 Å². The minimum atomic E-state index is -0.802. The lowest BCUT2D eigenvalue weighted by molar-refractivity contribution is -0.137. The molecule has 108 valence electrons. The van der Waals surface area contributed by atoms with E-state index < -0.39 is 5.97 Å². The maximum absolute atomic E-state index is 10.7. The minimum Gasteiger partial charge on any atom is -0.481 e. The number of fused-ring (bicyclic) bond motifs is 1. The lowest BCUT2D eigenvalue weighted by Crippen LogP contribution is -2.31. The fraction of sp³-hybridized carbons (Fsp3) is 0.467. The monoisotopic (exact) mass is 276 g/mol. The van der Waals surface area contributed by atoms with Gasteiger partial charge in [0.1, 0.15) is 5.52 Å². The highest BCUT2D eigenvalue weighted by Gasteiger charge is 2.21. The fourth-order valence-electron chi connectivity index (χ4n) is 2.20. The van der Waals surface area contributed by atoms with Crippen LogP contribution in [0.4, 0.5) is 6.01 Å². The Morgan fingerprint density at radius 3 is 2.75 bits per heavy atom. The molecule has 1 aromatic heterocycles. The molecule has 2 aromatic rings. The van der Waals surface area contributed by atoms with Crippen molar-refractivity contribution >= 4 is 23.1 Å². The van der Waals surface area contributed by atoms with Gasteiger partial charge in [-0.05, 0) is 51.3 Å². The number of benzene rings is 1. The summed E-state index contributed by atoms with van der Waals surface area (Å²) in [5.41, 5.74) is 3.39. The van der Waals surface area contributed by atoms with Crippen molar-refractivity contribution in [2.24, 2.45) is 0 Å². The Balaban J connectivity index is 2.21. The fourth-order valence-corrected chi connectivity index (χ4v) is 2.20. The Kier molecular flexibility index (Phi) is 3.70. The minimum absolute atomic E-state index is 0.109. The van der Waals surface area contributed by atoms with E-state index in [0.717, 1.165) is 22.2 Å². The van der Waals surface area contributed by atoms with E-state index in [-0.39, 0.29) is 12.0 Å². The van der Waals surface area contributed by atoms with Crippen LogP contribution in [0.3, 0.4) is 0 Å². The Labute approximate surface area is 118 Å². The molecular weight excluding hydrogens is 256 g/mol. The highest BCUT2D eigenvalue weighted by Crippen LogP contribution is 2.26. The zero-order chi connectivity index (χ0) is 14.9. The van der Waals surface area contributed by atoms with Crippen molar-refractivity contribution in [3.8, 4) is 0 Å². The Morgan fingerprint density at radius 2 is 2.10 bits per heavy atom. The number of carbonyl (C=O) groups is 1. The lowest BCUT2D eigenvalue weighted by atomic mass is 9.99. The van der Waals surface area contributed by atoms with Crippen LogP contribution < -0.4 is 5.32 Å². The average Bonchev–Trinajstić information content (AvgIpc) is 2.68. The number of oxazole rings is 1. The van der Waals surface area contributed by atoms with Crippen molar-refractivity contribution in [2.45, 2.75) is 46.1 Å². The summed E-state index contributed by atoms with van der Waals surface area (Å²) in [6.45, 7) is 7.87. The third-order valence-corrected chi connectivity index (χ3v) is 3.23. The van der Waals surface area contributed by atoms with E-state index in [1.165, 1.54) is 0 Å². The van der Waals surface area contributed by atoms with Gasteiger partial charge in [0.25, 0.3) is 6.01 Å². The van der Waals surface area contributed by atoms with Crippen LogP contribution >= 0.6 is 0 Å². The number of aromatic nitrogens is 1. The van der Waals surface area contributed by atoms with E-state index >= 15 is 0 Å². The van der Waals surface area contributed by atoms with Crippen LogP contribution in [-0.2, 0) is 4.79 Å². The third kappa shape index (κ3) is 3.29. The van der Waals surface area contributed by atoms with E-state index in [2.05, 4.69) is 10.3 Å². The predicted octanol–water partition coefficient (Wildman–Crippen LogP) is 3.50. The van der Waals surface area contributed by atoms with Gasteiger partial charge in [0.15, 0.2) is 5.58 Å². The number of hydrogen-bond acceptors (Lipinski definition) is 4. The normalized spacial score (nSPS) is 11.8. The first-order valence-corrected chi connectivity index (χ1v) is 6.65. The summed E-state index contributed by atoms with van der Waals surface area (Å²) in [5.74, 6) is -0.802. The van der Waals surface area contributed by atoms with Gasteiger partial charge in [0.05, 0.1) is 0 Å². The summed E-state index contributed by atoms with van der Waals surface area (Å²) in [5, 5.41) is 11.9. The molecule has 0 aliphatic rings. The number of nitrogens with zero attached hydrogens (tertiary/aromatic N) is 1. The van der Waals surface area contributed by atoms with Gasteiger partial charge in [0, 0.05) is 12.0 Å². The zero-order valence-corrected chi connectivity index (χ0v) is 12.3. The summed E-state index contributed by atoms with van der Waals surface area (Å²) in [4.78, 5) is 15.1. The Bertz CT molecular complexity index is 644. The van der Waals surface area contributed by atoms with Crippen LogP contribution in [0.1, 0.15) is 37.8 Å². The number of aryl methyl sites for hydroxylation is 2. The Hall–Kier alpha value is -2.04. The number of carboxylic acid groups (broad SMARTS) is 1. The summed E-state index contributed by atoms with van der Waals surface area (Å²) in [6.07, 6.45) is 0.609. The van der Waals surface area contributed by atoms with E-state index in [1.807, 2.05) is 39.8 Å². The molecule has 2 N–H and O–H groups in total. The molecular formula is C15H20N2O3. The van der Waals surface area contributed by atoms with Gasteiger partial charge in [-0.15, -0.1) is 0 Å². The largest absolute Gasteiger partial charge is 0.481 e. The SMILES string of the molecule is Cc1cc(C)c2oc(NC(C)(C)CCC(=O)O)nc2c1. The van der Waals surface area contributed by atoms with Gasteiger partial charge in [-0.2, -0.15) is 4.98 Å². The van der Waals surface area contributed by atoms with Gasteiger partial charge < -0.3 is 14.8 Å². The van der Waals surface area contributed by atoms with E-state index in [1.54, 1.807) is 0 Å². The van der Waals surface area contributed by atoms with Crippen LogP contribution in [0.5, 0.6) is 0 Å². The number of aliphatic carboxylic acids is 1. The van der Waals surface area contributed by atoms with Gasteiger partial charge >= 0.3 is 5.97 Å².